The van der Waals surface area contributed by atoms with Gasteiger partial charge in [0.25, 0.3) is 5.91 Å². The number of likely N-dealkylation sites (tertiary alicyclic amines) is 1. The highest BCUT2D eigenvalue weighted by atomic mass is 19.1. The van der Waals surface area contributed by atoms with Crippen molar-refractivity contribution in [2.24, 2.45) is 5.41 Å². The van der Waals surface area contributed by atoms with Gasteiger partial charge in [-0.1, -0.05) is 0 Å². The first-order valence-electron chi connectivity index (χ1n) is 6.41. The third-order valence-electron chi connectivity index (χ3n) is 3.59. The molecule has 1 aliphatic rings. The van der Waals surface area contributed by atoms with Crippen LogP contribution in [0.25, 0.3) is 0 Å². The Labute approximate surface area is 120 Å². The molecular weight excluding hydrogens is 284 g/mol. The molecule has 7 heteroatoms. The number of aliphatic carboxylic acids is 1. The predicted molar refractivity (Wildman–Crippen MR) is 68.8 cm³/mol. The maximum Gasteiger partial charge on any atom is 0.311 e. The van der Waals surface area contributed by atoms with E-state index in [4.69, 9.17) is 9.84 Å². The molecule has 1 saturated heterocycles. The summed E-state index contributed by atoms with van der Waals surface area (Å²) in [6.07, 6.45) is 0.360. The number of nitrogens with zero attached hydrogens (tertiary/aromatic N) is 1. The van der Waals surface area contributed by atoms with Crippen LogP contribution >= 0.6 is 0 Å². The van der Waals surface area contributed by atoms with Crippen LogP contribution in [0, 0.1) is 17.0 Å². The largest absolute Gasteiger partial charge is 0.481 e. The summed E-state index contributed by atoms with van der Waals surface area (Å²) < 4.78 is 31.1. The van der Waals surface area contributed by atoms with Crippen LogP contribution in [-0.2, 0) is 9.59 Å². The smallest absolute Gasteiger partial charge is 0.311 e. The standard InChI is InChI=1S/C14H15F2NO4/c1-14(13(19)20)4-5-17(8-14)12(18)7-21-11-3-2-9(15)6-10(11)16/h2-3,6H,4-5,7-8H2,1H3,(H,19,20). The van der Waals surface area contributed by atoms with E-state index < -0.39 is 35.5 Å². The van der Waals surface area contributed by atoms with Gasteiger partial charge in [-0.15, -0.1) is 0 Å². The number of hydrogen-bond acceptors (Lipinski definition) is 3. The molecule has 0 radical (unpaired) electrons. The lowest BCUT2D eigenvalue weighted by atomic mass is 9.90. The summed E-state index contributed by atoms with van der Waals surface area (Å²) in [5.74, 6) is -3.22. The molecule has 21 heavy (non-hydrogen) atoms. The van der Waals surface area contributed by atoms with Gasteiger partial charge in [0.2, 0.25) is 0 Å². The number of benzene rings is 1. The minimum absolute atomic E-state index is 0.0937. The van der Waals surface area contributed by atoms with Crippen molar-refractivity contribution in [3.63, 3.8) is 0 Å². The zero-order valence-corrected chi connectivity index (χ0v) is 11.4. The minimum atomic E-state index is -0.962. The summed E-state index contributed by atoms with van der Waals surface area (Å²) in [5.41, 5.74) is -0.962. The highest BCUT2D eigenvalue weighted by Gasteiger charge is 2.42. The quantitative estimate of drug-likeness (QED) is 0.918. The fraction of sp³-hybridized carbons (Fsp3) is 0.429. The summed E-state index contributed by atoms with van der Waals surface area (Å²) in [7, 11) is 0. The van der Waals surface area contributed by atoms with Gasteiger partial charge in [-0.2, -0.15) is 0 Å². The van der Waals surface area contributed by atoms with Gasteiger partial charge < -0.3 is 14.7 Å². The molecule has 0 aliphatic carbocycles. The Kier molecular flexibility index (Phi) is 4.11. The fourth-order valence-corrected chi connectivity index (χ4v) is 2.17. The molecular formula is C14H15F2NO4. The Hall–Kier alpha value is -2.18. The predicted octanol–water partition coefficient (Wildman–Crippen LogP) is 1.67. The third kappa shape index (κ3) is 3.29. The number of carbonyl (C=O) groups excluding carboxylic acids is 1. The molecule has 1 aromatic rings. The van der Waals surface area contributed by atoms with Crippen molar-refractivity contribution in [3.8, 4) is 5.75 Å². The van der Waals surface area contributed by atoms with Crippen LogP contribution in [0.2, 0.25) is 0 Å². The number of carboxylic acid groups (broad SMARTS) is 1. The summed E-state index contributed by atoms with van der Waals surface area (Å²) in [4.78, 5) is 24.4. The van der Waals surface area contributed by atoms with Crippen molar-refractivity contribution in [3.05, 3.63) is 29.8 Å². The molecule has 1 amide bonds. The fourth-order valence-electron chi connectivity index (χ4n) is 2.17. The SMILES string of the molecule is CC1(C(=O)O)CCN(C(=O)COc2ccc(F)cc2F)C1. The highest BCUT2D eigenvalue weighted by Crippen LogP contribution is 2.30. The molecule has 0 saturated carbocycles. The van der Waals surface area contributed by atoms with Gasteiger partial charge in [-0.05, 0) is 25.5 Å². The molecule has 1 N–H and O–H groups in total. The third-order valence-corrected chi connectivity index (χ3v) is 3.59. The minimum Gasteiger partial charge on any atom is -0.481 e. The average Bonchev–Trinajstić information content (AvgIpc) is 2.82. The second-order valence-electron chi connectivity index (χ2n) is 5.29. The van der Waals surface area contributed by atoms with Crippen LogP contribution in [0.4, 0.5) is 8.78 Å². The normalized spacial score (nSPS) is 21.4. The molecule has 1 fully saturated rings. The molecule has 1 aromatic carbocycles. The second-order valence-corrected chi connectivity index (χ2v) is 5.29. The maximum absolute atomic E-state index is 13.3. The first-order chi connectivity index (χ1) is 9.82. The number of rotatable bonds is 4. The summed E-state index contributed by atoms with van der Waals surface area (Å²) in [6, 6.07) is 2.79. The lowest BCUT2D eigenvalue weighted by Crippen LogP contribution is -2.37. The van der Waals surface area contributed by atoms with Crippen LogP contribution in [0.3, 0.4) is 0 Å². The van der Waals surface area contributed by atoms with Crippen LogP contribution in [-0.4, -0.2) is 41.6 Å². The highest BCUT2D eigenvalue weighted by molar-refractivity contribution is 5.81. The van der Waals surface area contributed by atoms with Gasteiger partial charge in [-0.3, -0.25) is 9.59 Å². The van der Waals surface area contributed by atoms with E-state index in [2.05, 4.69) is 0 Å². The molecule has 114 valence electrons. The molecule has 2 rings (SSSR count). The molecule has 1 heterocycles. The molecule has 1 aliphatic heterocycles. The van der Waals surface area contributed by atoms with Crippen molar-refractivity contribution in [1.82, 2.24) is 4.90 Å². The van der Waals surface area contributed by atoms with E-state index in [0.29, 0.717) is 19.0 Å². The molecule has 0 aromatic heterocycles. The van der Waals surface area contributed by atoms with E-state index >= 15 is 0 Å². The molecule has 1 atom stereocenters. The lowest BCUT2D eigenvalue weighted by molar-refractivity contribution is -0.147. The van der Waals surface area contributed by atoms with Gasteiger partial charge >= 0.3 is 5.97 Å². The Balaban J connectivity index is 1.93. The van der Waals surface area contributed by atoms with Crippen molar-refractivity contribution in [2.75, 3.05) is 19.7 Å². The van der Waals surface area contributed by atoms with E-state index in [0.717, 1.165) is 12.1 Å². The zero-order chi connectivity index (χ0) is 15.6. The summed E-state index contributed by atoms with van der Waals surface area (Å²) >= 11 is 0. The van der Waals surface area contributed by atoms with E-state index in [9.17, 15) is 18.4 Å². The summed E-state index contributed by atoms with van der Waals surface area (Å²) in [6.45, 7) is 1.56. The van der Waals surface area contributed by atoms with E-state index in [1.54, 1.807) is 6.92 Å². The summed E-state index contributed by atoms with van der Waals surface area (Å²) in [5, 5.41) is 9.09. The number of halogens is 2. The van der Waals surface area contributed by atoms with Crippen molar-refractivity contribution in [2.45, 2.75) is 13.3 Å². The molecule has 5 nitrogen and oxygen atoms in total. The second kappa shape index (κ2) is 5.67. The lowest BCUT2D eigenvalue weighted by Gasteiger charge is -2.20. The monoisotopic (exact) mass is 299 g/mol. The number of carbonyl (C=O) groups is 2. The van der Waals surface area contributed by atoms with Gasteiger partial charge in [0.1, 0.15) is 5.82 Å². The van der Waals surface area contributed by atoms with Crippen LogP contribution in [0.15, 0.2) is 18.2 Å². The van der Waals surface area contributed by atoms with E-state index in [1.165, 1.54) is 4.90 Å². The van der Waals surface area contributed by atoms with Gasteiger partial charge in [-0.25, -0.2) is 8.78 Å². The maximum atomic E-state index is 13.3. The Morgan fingerprint density at radius 1 is 1.43 bits per heavy atom. The molecule has 0 spiro atoms. The van der Waals surface area contributed by atoms with Crippen molar-refractivity contribution >= 4 is 11.9 Å². The average molecular weight is 299 g/mol. The van der Waals surface area contributed by atoms with Gasteiger partial charge in [0.15, 0.2) is 18.2 Å². The van der Waals surface area contributed by atoms with Crippen LogP contribution in [0.5, 0.6) is 5.75 Å². The number of hydrogen-bond donors (Lipinski definition) is 1. The number of carboxylic acids is 1. The topological polar surface area (TPSA) is 66.8 Å². The van der Waals surface area contributed by atoms with Gasteiger partial charge in [0.05, 0.1) is 5.41 Å². The van der Waals surface area contributed by atoms with E-state index in [1.807, 2.05) is 0 Å². The van der Waals surface area contributed by atoms with Crippen molar-refractivity contribution < 1.29 is 28.2 Å². The Bertz CT molecular complexity index is 578. The molecule has 1 unspecified atom stereocenters. The van der Waals surface area contributed by atoms with Crippen LogP contribution in [0.1, 0.15) is 13.3 Å². The first kappa shape index (κ1) is 15.2. The van der Waals surface area contributed by atoms with E-state index in [-0.39, 0.29) is 12.3 Å². The van der Waals surface area contributed by atoms with Crippen LogP contribution < -0.4 is 4.74 Å². The number of ether oxygens (including phenoxy) is 1. The zero-order valence-electron chi connectivity index (χ0n) is 11.4. The number of amides is 1. The Morgan fingerprint density at radius 2 is 2.14 bits per heavy atom. The van der Waals surface area contributed by atoms with Crippen molar-refractivity contribution in [1.29, 1.82) is 0 Å². The Morgan fingerprint density at radius 3 is 2.71 bits per heavy atom. The first-order valence-corrected chi connectivity index (χ1v) is 6.41. The van der Waals surface area contributed by atoms with Gasteiger partial charge in [0, 0.05) is 19.2 Å². The molecule has 0 bridgehead atoms.